The first-order chi connectivity index (χ1) is 13.4. The topological polar surface area (TPSA) is 54.0 Å². The summed E-state index contributed by atoms with van der Waals surface area (Å²) < 4.78 is 26.9. The van der Waals surface area contributed by atoms with Gasteiger partial charge in [-0.2, -0.15) is 0 Å². The molecule has 4 nitrogen and oxygen atoms in total. The number of benzene rings is 2. The Bertz CT molecular complexity index is 957. The van der Waals surface area contributed by atoms with Gasteiger partial charge < -0.3 is 10.6 Å². The lowest BCUT2D eigenvalue weighted by Crippen LogP contribution is -2.19. The summed E-state index contributed by atoms with van der Waals surface area (Å²) in [5.41, 5.74) is 3.06. The molecule has 3 aromatic rings. The summed E-state index contributed by atoms with van der Waals surface area (Å²) in [5.74, 6) is -1.30. The van der Waals surface area contributed by atoms with Crippen LogP contribution in [-0.4, -0.2) is 10.9 Å². The Hall–Kier alpha value is -2.64. The minimum Gasteiger partial charge on any atom is -0.326 e. The molecule has 0 fully saturated rings. The van der Waals surface area contributed by atoms with Crippen LogP contribution in [0.25, 0.3) is 0 Å². The van der Waals surface area contributed by atoms with Crippen LogP contribution in [0.4, 0.5) is 14.5 Å². The molecule has 0 unspecified atom stereocenters. The van der Waals surface area contributed by atoms with Crippen LogP contribution in [0.1, 0.15) is 34.8 Å². The first kappa shape index (κ1) is 20.1. The van der Waals surface area contributed by atoms with Gasteiger partial charge in [0.15, 0.2) is 0 Å². The third-order valence-electron chi connectivity index (χ3n) is 4.26. The molecule has 0 aliphatic heterocycles. The van der Waals surface area contributed by atoms with Crippen LogP contribution in [0.2, 0.25) is 0 Å². The van der Waals surface area contributed by atoms with Crippen LogP contribution in [0, 0.1) is 18.6 Å². The van der Waals surface area contributed by atoms with E-state index in [9.17, 15) is 13.6 Å². The summed E-state index contributed by atoms with van der Waals surface area (Å²) in [4.78, 5) is 16.6. The molecule has 1 heterocycles. The van der Waals surface area contributed by atoms with E-state index in [0.29, 0.717) is 17.1 Å². The second kappa shape index (κ2) is 9.03. The number of nitrogens with zero attached hydrogens (tertiary/aromatic N) is 1. The Kier molecular flexibility index (Phi) is 6.49. The highest BCUT2D eigenvalue weighted by atomic mass is 32.1. The van der Waals surface area contributed by atoms with Crippen molar-refractivity contribution < 1.29 is 13.6 Å². The van der Waals surface area contributed by atoms with Crippen LogP contribution >= 0.6 is 11.3 Å². The maximum Gasteiger partial charge on any atom is 0.231 e. The molecular formula is C21H21F2N3OS. The molecule has 0 saturated carbocycles. The molecule has 2 N–H and O–H groups in total. The SMILES string of the molecule is Cc1ccc(NC(=O)Cc2nc(CN[C@@H](C)c3ccc(F)cc3F)cs2)cc1. The number of hydrogen-bond donors (Lipinski definition) is 2. The highest BCUT2D eigenvalue weighted by Gasteiger charge is 2.13. The van der Waals surface area contributed by atoms with E-state index in [1.165, 1.54) is 23.5 Å². The number of rotatable bonds is 7. The minimum atomic E-state index is -0.596. The highest BCUT2D eigenvalue weighted by Crippen LogP contribution is 2.19. The van der Waals surface area contributed by atoms with Crippen molar-refractivity contribution in [2.75, 3.05) is 5.32 Å². The molecular weight excluding hydrogens is 380 g/mol. The van der Waals surface area contributed by atoms with Gasteiger partial charge in [-0.25, -0.2) is 13.8 Å². The zero-order chi connectivity index (χ0) is 20.1. The summed E-state index contributed by atoms with van der Waals surface area (Å²) in [6.45, 7) is 4.22. The van der Waals surface area contributed by atoms with E-state index < -0.39 is 11.6 Å². The molecule has 3 rings (SSSR count). The van der Waals surface area contributed by atoms with Crippen LogP contribution in [0.3, 0.4) is 0 Å². The monoisotopic (exact) mass is 401 g/mol. The van der Waals surface area contributed by atoms with Crippen molar-refractivity contribution in [1.29, 1.82) is 0 Å². The lowest BCUT2D eigenvalue weighted by atomic mass is 10.1. The summed E-state index contributed by atoms with van der Waals surface area (Å²) in [5, 5.41) is 8.60. The van der Waals surface area contributed by atoms with Gasteiger partial charge in [0.25, 0.3) is 0 Å². The van der Waals surface area contributed by atoms with Crippen LogP contribution in [-0.2, 0) is 17.8 Å². The molecule has 0 bridgehead atoms. The molecule has 0 spiro atoms. The third kappa shape index (κ3) is 5.43. The predicted octanol–water partition coefficient (Wildman–Crippen LogP) is 4.76. The Morgan fingerprint density at radius 3 is 2.64 bits per heavy atom. The molecule has 146 valence electrons. The number of anilines is 1. The first-order valence-corrected chi connectivity index (χ1v) is 9.77. The second-order valence-corrected chi connectivity index (χ2v) is 7.53. The van der Waals surface area contributed by atoms with E-state index >= 15 is 0 Å². The van der Waals surface area contributed by atoms with E-state index in [1.54, 1.807) is 6.92 Å². The molecule has 1 amide bonds. The zero-order valence-corrected chi connectivity index (χ0v) is 16.4. The van der Waals surface area contributed by atoms with Crippen molar-refractivity contribution in [2.45, 2.75) is 32.9 Å². The Balaban J connectivity index is 1.52. The lowest BCUT2D eigenvalue weighted by molar-refractivity contribution is -0.115. The van der Waals surface area contributed by atoms with E-state index in [2.05, 4.69) is 15.6 Å². The number of nitrogens with one attached hydrogen (secondary N) is 2. The van der Waals surface area contributed by atoms with Crippen molar-refractivity contribution >= 4 is 22.9 Å². The van der Waals surface area contributed by atoms with Gasteiger partial charge in [0.2, 0.25) is 5.91 Å². The van der Waals surface area contributed by atoms with Gasteiger partial charge in [-0.3, -0.25) is 4.79 Å². The Morgan fingerprint density at radius 2 is 1.93 bits per heavy atom. The molecule has 0 aliphatic rings. The van der Waals surface area contributed by atoms with Crippen molar-refractivity contribution in [3.63, 3.8) is 0 Å². The van der Waals surface area contributed by atoms with E-state index in [1.807, 2.05) is 36.6 Å². The van der Waals surface area contributed by atoms with Crippen LogP contribution < -0.4 is 10.6 Å². The average Bonchev–Trinajstić information content (AvgIpc) is 3.09. The van der Waals surface area contributed by atoms with Crippen molar-refractivity contribution in [3.05, 3.63) is 81.3 Å². The van der Waals surface area contributed by atoms with Gasteiger partial charge in [-0.05, 0) is 32.0 Å². The van der Waals surface area contributed by atoms with E-state index in [4.69, 9.17) is 0 Å². The number of hydrogen-bond acceptors (Lipinski definition) is 4. The number of aromatic nitrogens is 1. The number of thiazole rings is 1. The number of carbonyl (C=O) groups is 1. The summed E-state index contributed by atoms with van der Waals surface area (Å²) in [7, 11) is 0. The van der Waals surface area contributed by atoms with Crippen LogP contribution in [0.15, 0.2) is 47.8 Å². The fourth-order valence-electron chi connectivity index (χ4n) is 2.71. The van der Waals surface area contributed by atoms with Gasteiger partial charge in [0.05, 0.1) is 12.1 Å². The van der Waals surface area contributed by atoms with Gasteiger partial charge in [-0.15, -0.1) is 11.3 Å². The lowest BCUT2D eigenvalue weighted by Gasteiger charge is -2.14. The third-order valence-corrected chi connectivity index (χ3v) is 5.16. The molecule has 1 aromatic heterocycles. The number of aryl methyl sites for hydroxylation is 1. The summed E-state index contributed by atoms with van der Waals surface area (Å²) >= 11 is 1.41. The van der Waals surface area contributed by atoms with Crippen LogP contribution in [0.5, 0.6) is 0 Å². The fourth-order valence-corrected chi connectivity index (χ4v) is 3.50. The number of halogens is 2. The minimum absolute atomic E-state index is 0.125. The number of carbonyl (C=O) groups excluding carboxylic acids is 1. The van der Waals surface area contributed by atoms with Gasteiger partial charge in [-0.1, -0.05) is 23.8 Å². The van der Waals surface area contributed by atoms with Gasteiger partial charge >= 0.3 is 0 Å². The van der Waals surface area contributed by atoms with Crippen molar-refractivity contribution in [3.8, 4) is 0 Å². The van der Waals surface area contributed by atoms with E-state index in [-0.39, 0.29) is 18.4 Å². The average molecular weight is 401 g/mol. The van der Waals surface area contributed by atoms with Gasteiger partial charge in [0, 0.05) is 35.3 Å². The van der Waals surface area contributed by atoms with Crippen molar-refractivity contribution in [2.24, 2.45) is 0 Å². The maximum absolute atomic E-state index is 13.8. The first-order valence-electron chi connectivity index (χ1n) is 8.89. The maximum atomic E-state index is 13.8. The second-order valence-electron chi connectivity index (χ2n) is 6.59. The number of amides is 1. The predicted molar refractivity (Wildman–Crippen MR) is 107 cm³/mol. The summed E-state index contributed by atoms with van der Waals surface area (Å²) in [6, 6.07) is 10.9. The Morgan fingerprint density at radius 1 is 1.18 bits per heavy atom. The zero-order valence-electron chi connectivity index (χ0n) is 15.6. The molecule has 1 atom stereocenters. The molecule has 0 aliphatic carbocycles. The summed E-state index contributed by atoms with van der Waals surface area (Å²) in [6.07, 6.45) is 0.195. The largest absolute Gasteiger partial charge is 0.326 e. The standard InChI is InChI=1S/C21H21F2N3OS/c1-13-3-6-16(7-4-13)25-20(27)10-21-26-17(12-28-21)11-24-14(2)18-8-5-15(22)9-19(18)23/h3-9,12,14,24H,10-11H2,1-2H3,(H,25,27)/t14-/m0/s1. The quantitative estimate of drug-likeness (QED) is 0.600. The Labute approximate surface area is 166 Å². The molecule has 28 heavy (non-hydrogen) atoms. The normalized spacial score (nSPS) is 12.0. The van der Waals surface area contributed by atoms with Gasteiger partial charge in [0.1, 0.15) is 16.6 Å². The van der Waals surface area contributed by atoms with Crippen molar-refractivity contribution in [1.82, 2.24) is 10.3 Å². The van der Waals surface area contributed by atoms with E-state index in [0.717, 1.165) is 23.0 Å². The molecule has 0 saturated heterocycles. The fraction of sp³-hybridized carbons (Fsp3) is 0.238. The smallest absolute Gasteiger partial charge is 0.231 e. The molecule has 2 aromatic carbocycles. The molecule has 7 heteroatoms. The highest BCUT2D eigenvalue weighted by molar-refractivity contribution is 7.09. The molecule has 0 radical (unpaired) electrons.